The molecule has 0 aliphatic heterocycles. The Kier molecular flexibility index (Phi) is 3.00. The monoisotopic (exact) mass is 170 g/mol. The standard InChI is InChI=1S/C8H14N2S/c1-4-7(11-3)8-9-5-6-10(8)2/h5-7H,4H2,1-3H3. The normalized spacial score (nSPS) is 13.4. The lowest BCUT2D eigenvalue weighted by Gasteiger charge is -2.10. The van der Waals surface area contributed by atoms with Crippen molar-refractivity contribution in [1.82, 2.24) is 9.55 Å². The number of imidazole rings is 1. The van der Waals surface area contributed by atoms with E-state index in [9.17, 15) is 0 Å². The van der Waals surface area contributed by atoms with E-state index in [-0.39, 0.29) is 0 Å². The molecular weight excluding hydrogens is 156 g/mol. The van der Waals surface area contributed by atoms with Crippen molar-refractivity contribution in [2.75, 3.05) is 6.26 Å². The van der Waals surface area contributed by atoms with Gasteiger partial charge in [-0.05, 0) is 12.7 Å². The molecule has 0 aliphatic rings. The van der Waals surface area contributed by atoms with Gasteiger partial charge in [-0.2, -0.15) is 11.8 Å². The molecule has 11 heavy (non-hydrogen) atoms. The number of aromatic nitrogens is 2. The second kappa shape index (κ2) is 3.81. The first-order valence-corrected chi connectivity index (χ1v) is 5.08. The van der Waals surface area contributed by atoms with Crippen LogP contribution in [0.25, 0.3) is 0 Å². The summed E-state index contributed by atoms with van der Waals surface area (Å²) in [7, 11) is 2.04. The van der Waals surface area contributed by atoms with Crippen molar-refractivity contribution in [3.8, 4) is 0 Å². The van der Waals surface area contributed by atoms with Gasteiger partial charge in [-0.25, -0.2) is 4.98 Å². The summed E-state index contributed by atoms with van der Waals surface area (Å²) in [6.07, 6.45) is 7.12. The van der Waals surface area contributed by atoms with Crippen molar-refractivity contribution in [3.63, 3.8) is 0 Å². The summed E-state index contributed by atoms with van der Waals surface area (Å²) in [4.78, 5) is 4.30. The number of nitrogens with zero attached hydrogens (tertiary/aromatic N) is 2. The summed E-state index contributed by atoms with van der Waals surface area (Å²) >= 11 is 1.86. The van der Waals surface area contributed by atoms with Crippen molar-refractivity contribution < 1.29 is 0 Å². The van der Waals surface area contributed by atoms with E-state index in [1.54, 1.807) is 0 Å². The third-order valence-corrected chi connectivity index (χ3v) is 2.91. The van der Waals surface area contributed by atoms with E-state index in [2.05, 4.69) is 22.7 Å². The molecule has 0 radical (unpaired) electrons. The number of aryl methyl sites for hydroxylation is 1. The molecule has 62 valence electrons. The molecule has 1 aromatic heterocycles. The second-order valence-corrected chi connectivity index (χ2v) is 3.57. The molecule has 1 unspecified atom stereocenters. The van der Waals surface area contributed by atoms with Crippen LogP contribution in [-0.4, -0.2) is 15.8 Å². The van der Waals surface area contributed by atoms with Crippen LogP contribution in [0, 0.1) is 0 Å². The lowest BCUT2D eigenvalue weighted by atomic mass is 10.3. The minimum atomic E-state index is 0.551. The first-order chi connectivity index (χ1) is 5.29. The zero-order valence-corrected chi connectivity index (χ0v) is 8.06. The highest BCUT2D eigenvalue weighted by atomic mass is 32.2. The van der Waals surface area contributed by atoms with Gasteiger partial charge in [-0.3, -0.25) is 0 Å². The number of rotatable bonds is 3. The van der Waals surface area contributed by atoms with Crippen molar-refractivity contribution in [2.45, 2.75) is 18.6 Å². The highest BCUT2D eigenvalue weighted by Crippen LogP contribution is 2.27. The van der Waals surface area contributed by atoms with Crippen LogP contribution >= 0.6 is 11.8 Å². The van der Waals surface area contributed by atoms with Gasteiger partial charge in [0.15, 0.2) is 0 Å². The fourth-order valence-electron chi connectivity index (χ4n) is 1.14. The first kappa shape index (κ1) is 8.65. The Hall–Kier alpha value is -0.440. The highest BCUT2D eigenvalue weighted by Gasteiger charge is 2.10. The summed E-state index contributed by atoms with van der Waals surface area (Å²) in [6.45, 7) is 2.19. The Bertz CT molecular complexity index is 216. The molecule has 2 nitrogen and oxygen atoms in total. The van der Waals surface area contributed by atoms with Gasteiger partial charge >= 0.3 is 0 Å². The SMILES string of the molecule is CCC(SC)c1nccn1C. The van der Waals surface area contributed by atoms with E-state index in [0.717, 1.165) is 6.42 Å². The Morgan fingerprint density at radius 3 is 2.82 bits per heavy atom. The summed E-state index contributed by atoms with van der Waals surface area (Å²) in [5, 5.41) is 0.551. The second-order valence-electron chi connectivity index (χ2n) is 2.53. The Morgan fingerprint density at radius 2 is 2.45 bits per heavy atom. The average Bonchev–Trinajstić information content (AvgIpc) is 2.40. The summed E-state index contributed by atoms with van der Waals surface area (Å²) in [5.74, 6) is 1.18. The van der Waals surface area contributed by atoms with Crippen molar-refractivity contribution in [2.24, 2.45) is 7.05 Å². The minimum Gasteiger partial charge on any atom is -0.337 e. The Balaban J connectivity index is 2.81. The van der Waals surface area contributed by atoms with Gasteiger partial charge in [0.1, 0.15) is 5.82 Å². The van der Waals surface area contributed by atoms with Crippen LogP contribution in [0.2, 0.25) is 0 Å². The predicted octanol–water partition coefficient (Wildman–Crippen LogP) is 2.23. The first-order valence-electron chi connectivity index (χ1n) is 3.79. The zero-order chi connectivity index (χ0) is 8.27. The summed E-state index contributed by atoms with van der Waals surface area (Å²) < 4.78 is 2.09. The molecule has 1 rings (SSSR count). The van der Waals surface area contributed by atoms with Gasteiger partial charge in [-0.15, -0.1) is 0 Å². The van der Waals surface area contributed by atoms with E-state index in [1.807, 2.05) is 31.2 Å². The maximum atomic E-state index is 4.30. The van der Waals surface area contributed by atoms with Gasteiger partial charge in [0.25, 0.3) is 0 Å². The van der Waals surface area contributed by atoms with Gasteiger partial charge in [-0.1, -0.05) is 6.92 Å². The zero-order valence-electron chi connectivity index (χ0n) is 7.24. The largest absolute Gasteiger partial charge is 0.337 e. The Labute approximate surface area is 72.0 Å². The van der Waals surface area contributed by atoms with Gasteiger partial charge < -0.3 is 4.57 Å². The molecule has 0 aromatic carbocycles. The maximum absolute atomic E-state index is 4.30. The van der Waals surface area contributed by atoms with Gasteiger partial charge in [0.2, 0.25) is 0 Å². The quantitative estimate of drug-likeness (QED) is 0.692. The molecule has 3 heteroatoms. The van der Waals surface area contributed by atoms with E-state index in [4.69, 9.17) is 0 Å². The summed E-state index contributed by atoms with van der Waals surface area (Å²) in [5.41, 5.74) is 0. The number of hydrogen-bond donors (Lipinski definition) is 0. The molecule has 1 atom stereocenters. The van der Waals surface area contributed by atoms with Crippen LogP contribution in [0.3, 0.4) is 0 Å². The van der Waals surface area contributed by atoms with Crippen LogP contribution in [0.4, 0.5) is 0 Å². The smallest absolute Gasteiger partial charge is 0.121 e. The number of thioether (sulfide) groups is 1. The fraction of sp³-hybridized carbons (Fsp3) is 0.625. The van der Waals surface area contributed by atoms with Crippen LogP contribution in [-0.2, 0) is 7.05 Å². The predicted molar refractivity (Wildman–Crippen MR) is 49.8 cm³/mol. The molecule has 0 saturated carbocycles. The van der Waals surface area contributed by atoms with E-state index >= 15 is 0 Å². The maximum Gasteiger partial charge on any atom is 0.121 e. The molecule has 0 aliphatic carbocycles. The molecular formula is C8H14N2S. The molecule has 0 fully saturated rings. The Morgan fingerprint density at radius 1 is 1.73 bits per heavy atom. The molecule has 1 aromatic rings. The van der Waals surface area contributed by atoms with Crippen molar-refractivity contribution in [1.29, 1.82) is 0 Å². The van der Waals surface area contributed by atoms with E-state index in [1.165, 1.54) is 5.82 Å². The molecule has 0 saturated heterocycles. The van der Waals surface area contributed by atoms with Gasteiger partial charge in [0, 0.05) is 19.4 Å². The van der Waals surface area contributed by atoms with Crippen LogP contribution in [0.15, 0.2) is 12.4 Å². The van der Waals surface area contributed by atoms with Crippen LogP contribution in [0.1, 0.15) is 24.4 Å². The molecule has 0 bridgehead atoms. The minimum absolute atomic E-state index is 0.551. The summed E-state index contributed by atoms with van der Waals surface area (Å²) in [6, 6.07) is 0. The van der Waals surface area contributed by atoms with Crippen molar-refractivity contribution >= 4 is 11.8 Å². The lowest BCUT2D eigenvalue weighted by molar-refractivity contribution is 0.746. The molecule has 1 heterocycles. The van der Waals surface area contributed by atoms with Crippen LogP contribution < -0.4 is 0 Å². The topological polar surface area (TPSA) is 17.8 Å². The fourth-order valence-corrected chi connectivity index (χ4v) is 1.91. The molecule has 0 amide bonds. The average molecular weight is 170 g/mol. The lowest BCUT2D eigenvalue weighted by Crippen LogP contribution is -2.01. The van der Waals surface area contributed by atoms with E-state index < -0.39 is 0 Å². The highest BCUT2D eigenvalue weighted by molar-refractivity contribution is 7.98. The van der Waals surface area contributed by atoms with E-state index in [0.29, 0.717) is 5.25 Å². The molecule has 0 N–H and O–H groups in total. The van der Waals surface area contributed by atoms with Crippen LogP contribution in [0.5, 0.6) is 0 Å². The number of hydrogen-bond acceptors (Lipinski definition) is 2. The molecule has 0 spiro atoms. The third kappa shape index (κ3) is 1.77. The van der Waals surface area contributed by atoms with Gasteiger partial charge in [0.05, 0.1) is 5.25 Å². The third-order valence-electron chi connectivity index (χ3n) is 1.80. The van der Waals surface area contributed by atoms with Crippen molar-refractivity contribution in [3.05, 3.63) is 18.2 Å².